The molecular formula is C28H33N5O5. The van der Waals surface area contributed by atoms with Gasteiger partial charge in [0.15, 0.2) is 0 Å². The number of aromatic nitrogens is 3. The van der Waals surface area contributed by atoms with E-state index in [0.29, 0.717) is 40.3 Å². The molecule has 1 N–H and O–H groups in total. The molecule has 0 aliphatic carbocycles. The zero-order chi connectivity index (χ0) is 27.3. The third kappa shape index (κ3) is 5.80. The Balaban J connectivity index is 1.82. The van der Waals surface area contributed by atoms with Gasteiger partial charge in [0.1, 0.15) is 35.4 Å². The summed E-state index contributed by atoms with van der Waals surface area (Å²) in [6.07, 6.45) is 2.22. The molecule has 1 atom stereocenters. The fourth-order valence-corrected chi connectivity index (χ4v) is 4.14. The van der Waals surface area contributed by atoms with Crippen molar-refractivity contribution in [2.24, 2.45) is 0 Å². The molecule has 38 heavy (non-hydrogen) atoms. The van der Waals surface area contributed by atoms with Gasteiger partial charge in [-0.3, -0.25) is 9.59 Å². The number of methoxy groups -OCH3 is 2. The van der Waals surface area contributed by atoms with Gasteiger partial charge >= 0.3 is 0 Å². The molecule has 0 radical (unpaired) electrons. The van der Waals surface area contributed by atoms with Gasteiger partial charge in [0.2, 0.25) is 11.8 Å². The molecule has 2 heterocycles. The van der Waals surface area contributed by atoms with Crippen molar-refractivity contribution in [3.63, 3.8) is 0 Å². The Bertz CT molecular complexity index is 1400. The van der Waals surface area contributed by atoms with Crippen LogP contribution in [0, 0.1) is 0 Å². The van der Waals surface area contributed by atoms with Crippen molar-refractivity contribution in [1.82, 2.24) is 25.2 Å². The van der Waals surface area contributed by atoms with Gasteiger partial charge in [-0.25, -0.2) is 4.68 Å². The Morgan fingerprint density at radius 2 is 1.89 bits per heavy atom. The highest BCUT2D eigenvalue weighted by atomic mass is 16.5. The number of carbonyl (C=O) groups excluding carboxylic acids is 2. The zero-order valence-corrected chi connectivity index (χ0v) is 22.3. The van der Waals surface area contributed by atoms with Crippen molar-refractivity contribution < 1.29 is 23.5 Å². The number of fused-ring (bicyclic) bond motifs is 1. The lowest BCUT2D eigenvalue weighted by atomic mass is 9.97. The van der Waals surface area contributed by atoms with Crippen LogP contribution in [0.5, 0.6) is 11.5 Å². The lowest BCUT2D eigenvalue weighted by molar-refractivity contribution is -0.143. The minimum Gasteiger partial charge on any atom is -0.497 e. The fraction of sp³-hybridized carbons (Fsp3) is 0.357. The summed E-state index contributed by atoms with van der Waals surface area (Å²) in [5.74, 6) is 0.795. The van der Waals surface area contributed by atoms with Crippen molar-refractivity contribution in [2.75, 3.05) is 14.2 Å². The van der Waals surface area contributed by atoms with Gasteiger partial charge in [-0.05, 0) is 62.7 Å². The summed E-state index contributed by atoms with van der Waals surface area (Å²) in [6.45, 7) is 5.77. The molecule has 0 aliphatic heterocycles. The van der Waals surface area contributed by atoms with Gasteiger partial charge in [0.05, 0.1) is 32.5 Å². The van der Waals surface area contributed by atoms with E-state index in [1.165, 1.54) is 23.0 Å². The summed E-state index contributed by atoms with van der Waals surface area (Å²) in [4.78, 5) is 29.5. The summed E-state index contributed by atoms with van der Waals surface area (Å²) in [5.41, 5.74) is 1.36. The van der Waals surface area contributed by atoms with Gasteiger partial charge in [-0.1, -0.05) is 24.3 Å². The van der Waals surface area contributed by atoms with Crippen molar-refractivity contribution in [1.29, 1.82) is 0 Å². The molecule has 0 unspecified atom stereocenters. The van der Waals surface area contributed by atoms with Crippen LogP contribution in [0.4, 0.5) is 0 Å². The maximum Gasteiger partial charge on any atom is 0.248 e. The second-order valence-corrected chi connectivity index (χ2v) is 9.57. The van der Waals surface area contributed by atoms with Crippen molar-refractivity contribution >= 4 is 22.8 Å². The Hall–Kier alpha value is -4.34. The first kappa shape index (κ1) is 26.7. The molecular weight excluding hydrogens is 486 g/mol. The van der Waals surface area contributed by atoms with E-state index in [1.807, 2.05) is 45.0 Å². The molecule has 0 saturated carbocycles. The van der Waals surface area contributed by atoms with E-state index in [1.54, 1.807) is 37.4 Å². The maximum absolute atomic E-state index is 14.0. The summed E-state index contributed by atoms with van der Waals surface area (Å²) < 4.78 is 18.2. The van der Waals surface area contributed by atoms with E-state index >= 15 is 0 Å². The molecule has 2 aromatic heterocycles. The molecule has 0 fully saturated rings. The molecule has 0 spiro atoms. The first-order valence-electron chi connectivity index (χ1n) is 12.4. The number of rotatable bonds is 11. The lowest BCUT2D eigenvalue weighted by Crippen LogP contribution is -2.50. The number of hydrogen-bond donors (Lipinski definition) is 1. The predicted molar refractivity (Wildman–Crippen MR) is 142 cm³/mol. The van der Waals surface area contributed by atoms with E-state index in [4.69, 9.17) is 13.9 Å². The van der Waals surface area contributed by atoms with Gasteiger partial charge in [0, 0.05) is 11.1 Å². The molecule has 4 aromatic rings. The number of benzene rings is 2. The Kier molecular flexibility index (Phi) is 7.99. The van der Waals surface area contributed by atoms with Crippen LogP contribution < -0.4 is 14.8 Å². The summed E-state index contributed by atoms with van der Waals surface area (Å²) in [6, 6.07) is 15.0. The number of amides is 2. The smallest absolute Gasteiger partial charge is 0.248 e. The van der Waals surface area contributed by atoms with Crippen LogP contribution in [0.15, 0.2) is 65.3 Å². The summed E-state index contributed by atoms with van der Waals surface area (Å²) >= 11 is 0. The molecule has 0 aliphatic rings. The number of nitrogens with one attached hydrogen (secondary N) is 1. The third-order valence-electron chi connectivity index (χ3n) is 6.57. The topological polar surface area (TPSA) is 112 Å². The molecule has 2 aromatic carbocycles. The van der Waals surface area contributed by atoms with Crippen LogP contribution in [0.25, 0.3) is 11.0 Å². The second kappa shape index (κ2) is 11.4. The highest BCUT2D eigenvalue weighted by Gasteiger charge is 2.37. The number of ether oxygens (including phenoxy) is 2. The third-order valence-corrected chi connectivity index (χ3v) is 6.57. The lowest BCUT2D eigenvalue weighted by Gasteiger charge is -2.34. The standard InChI is InChI=1S/C28H33N5O5/c1-6-28(2,3)29-27(35)26(21-16-19(36-4)13-14-24(21)37-5)32(17-20-10-9-15-38-20)25(34)18-33-23-12-8-7-11-22(23)30-31-33/h7-16,26H,6,17-18H2,1-5H3,(H,29,35)/t26-/m1/s1. The van der Waals surface area contributed by atoms with Crippen LogP contribution in [-0.4, -0.2) is 51.5 Å². The van der Waals surface area contributed by atoms with Crippen LogP contribution >= 0.6 is 0 Å². The second-order valence-electron chi connectivity index (χ2n) is 9.57. The molecule has 0 saturated heterocycles. The van der Waals surface area contributed by atoms with E-state index in [0.717, 1.165) is 0 Å². The SMILES string of the molecule is CCC(C)(C)NC(=O)[C@@H](c1cc(OC)ccc1OC)N(Cc1ccco1)C(=O)Cn1nnc2ccccc21. The van der Waals surface area contributed by atoms with E-state index in [-0.39, 0.29) is 24.9 Å². The van der Waals surface area contributed by atoms with E-state index < -0.39 is 11.6 Å². The number of carbonyl (C=O) groups is 2. The van der Waals surface area contributed by atoms with Crippen LogP contribution in [-0.2, 0) is 22.7 Å². The zero-order valence-electron chi connectivity index (χ0n) is 22.3. The molecule has 2 amide bonds. The van der Waals surface area contributed by atoms with Crippen molar-refractivity contribution in [2.45, 2.75) is 51.9 Å². The predicted octanol–water partition coefficient (Wildman–Crippen LogP) is 4.12. The first-order valence-corrected chi connectivity index (χ1v) is 12.4. The van der Waals surface area contributed by atoms with Crippen LogP contribution in [0.2, 0.25) is 0 Å². The number of nitrogens with zero attached hydrogens (tertiary/aromatic N) is 4. The first-order chi connectivity index (χ1) is 18.3. The quantitative estimate of drug-likeness (QED) is 0.317. The molecule has 0 bridgehead atoms. The normalized spacial score (nSPS) is 12.2. The number of para-hydroxylation sites is 1. The number of hydrogen-bond acceptors (Lipinski definition) is 7. The Morgan fingerprint density at radius 3 is 2.58 bits per heavy atom. The molecule has 10 nitrogen and oxygen atoms in total. The fourth-order valence-electron chi connectivity index (χ4n) is 4.14. The van der Waals surface area contributed by atoms with Gasteiger partial charge in [-0.2, -0.15) is 0 Å². The van der Waals surface area contributed by atoms with Crippen molar-refractivity contribution in [3.8, 4) is 11.5 Å². The molecule has 10 heteroatoms. The highest BCUT2D eigenvalue weighted by molar-refractivity contribution is 5.90. The van der Waals surface area contributed by atoms with Crippen LogP contribution in [0.3, 0.4) is 0 Å². The van der Waals surface area contributed by atoms with Gasteiger partial charge in [-0.15, -0.1) is 5.10 Å². The molecule has 4 rings (SSSR count). The minimum atomic E-state index is -1.06. The monoisotopic (exact) mass is 519 g/mol. The van der Waals surface area contributed by atoms with Crippen molar-refractivity contribution in [3.05, 3.63) is 72.2 Å². The average Bonchev–Trinajstić information content (AvgIpc) is 3.58. The maximum atomic E-state index is 14.0. The largest absolute Gasteiger partial charge is 0.497 e. The summed E-state index contributed by atoms with van der Waals surface area (Å²) in [7, 11) is 3.07. The van der Waals surface area contributed by atoms with Gasteiger partial charge < -0.3 is 24.1 Å². The van der Waals surface area contributed by atoms with E-state index in [2.05, 4.69) is 15.6 Å². The minimum absolute atomic E-state index is 0.0451. The Labute approximate surface area is 221 Å². The summed E-state index contributed by atoms with van der Waals surface area (Å²) in [5, 5.41) is 11.4. The van der Waals surface area contributed by atoms with Gasteiger partial charge in [0.25, 0.3) is 0 Å². The highest BCUT2D eigenvalue weighted by Crippen LogP contribution is 2.35. The molecule has 200 valence electrons. The number of furan rings is 1. The van der Waals surface area contributed by atoms with E-state index in [9.17, 15) is 9.59 Å². The van der Waals surface area contributed by atoms with Crippen LogP contribution in [0.1, 0.15) is 44.6 Å². The Morgan fingerprint density at radius 1 is 1.11 bits per heavy atom. The average molecular weight is 520 g/mol.